The third-order valence-corrected chi connectivity index (χ3v) is 4.35. The summed E-state index contributed by atoms with van der Waals surface area (Å²) >= 11 is 13.2. The van der Waals surface area contributed by atoms with E-state index in [0.717, 1.165) is 10.6 Å². The second-order valence-electron chi connectivity index (χ2n) is 4.11. The molecule has 1 heterocycles. The summed E-state index contributed by atoms with van der Waals surface area (Å²) in [5.74, 6) is 0. The molecule has 1 aromatic heterocycles. The van der Waals surface area contributed by atoms with Crippen molar-refractivity contribution in [3.8, 4) is 0 Å². The van der Waals surface area contributed by atoms with Gasteiger partial charge in [-0.2, -0.15) is 4.37 Å². The molecule has 0 unspecified atom stereocenters. The number of nitrogens with zero attached hydrogens (tertiary/aromatic N) is 1. The lowest BCUT2D eigenvalue weighted by Gasteiger charge is -2.09. The van der Waals surface area contributed by atoms with E-state index in [1.165, 1.54) is 11.5 Å². The number of aryl methyl sites for hydroxylation is 2. The van der Waals surface area contributed by atoms with Gasteiger partial charge in [0, 0.05) is 10.4 Å². The van der Waals surface area contributed by atoms with Crippen LogP contribution in [0.3, 0.4) is 0 Å². The van der Waals surface area contributed by atoms with Crippen molar-refractivity contribution in [1.82, 2.24) is 4.37 Å². The molecular formula is C13H12Cl2N2O2S. The van der Waals surface area contributed by atoms with E-state index in [1.807, 2.05) is 13.8 Å². The van der Waals surface area contributed by atoms with Gasteiger partial charge in [0.15, 0.2) is 0 Å². The number of anilines is 1. The van der Waals surface area contributed by atoms with Crippen LogP contribution in [-0.2, 0) is 11.3 Å². The van der Waals surface area contributed by atoms with Crippen LogP contribution in [0.1, 0.15) is 16.1 Å². The van der Waals surface area contributed by atoms with Crippen LogP contribution in [0.25, 0.3) is 0 Å². The Bertz CT molecular complexity index is 624. The average Bonchev–Trinajstić information content (AvgIpc) is 2.72. The molecule has 0 aliphatic heterocycles. The van der Waals surface area contributed by atoms with E-state index < -0.39 is 6.09 Å². The normalized spacial score (nSPS) is 10.4. The van der Waals surface area contributed by atoms with Crippen molar-refractivity contribution in [3.63, 3.8) is 0 Å². The molecule has 4 nitrogen and oxygen atoms in total. The van der Waals surface area contributed by atoms with Crippen LogP contribution in [0.2, 0.25) is 10.0 Å². The molecule has 0 aliphatic carbocycles. The Morgan fingerprint density at radius 1 is 1.40 bits per heavy atom. The van der Waals surface area contributed by atoms with Crippen LogP contribution in [0.4, 0.5) is 10.5 Å². The number of aromatic nitrogens is 1. The summed E-state index contributed by atoms with van der Waals surface area (Å²) in [5, 5.41) is 3.50. The van der Waals surface area contributed by atoms with E-state index in [0.29, 0.717) is 21.3 Å². The smallest absolute Gasteiger partial charge is 0.412 e. The molecule has 0 saturated carbocycles. The van der Waals surface area contributed by atoms with Crippen LogP contribution < -0.4 is 5.32 Å². The van der Waals surface area contributed by atoms with E-state index in [2.05, 4.69) is 9.69 Å². The molecule has 0 spiro atoms. The zero-order valence-corrected chi connectivity index (χ0v) is 13.2. The first-order valence-electron chi connectivity index (χ1n) is 5.78. The highest BCUT2D eigenvalue weighted by molar-refractivity contribution is 7.06. The molecule has 1 aromatic carbocycles. The van der Waals surface area contributed by atoms with Gasteiger partial charge in [-0.3, -0.25) is 5.32 Å². The Morgan fingerprint density at radius 2 is 2.15 bits per heavy atom. The van der Waals surface area contributed by atoms with Gasteiger partial charge in [-0.05, 0) is 31.4 Å². The van der Waals surface area contributed by atoms with Gasteiger partial charge in [0.2, 0.25) is 0 Å². The summed E-state index contributed by atoms with van der Waals surface area (Å²) in [6, 6.07) is 5.18. The summed E-state index contributed by atoms with van der Waals surface area (Å²) < 4.78 is 9.28. The minimum atomic E-state index is -0.549. The highest BCUT2D eigenvalue weighted by atomic mass is 35.5. The zero-order valence-electron chi connectivity index (χ0n) is 10.9. The third kappa shape index (κ3) is 3.42. The Balaban J connectivity index is 1.98. The van der Waals surface area contributed by atoms with E-state index in [4.69, 9.17) is 27.9 Å². The quantitative estimate of drug-likeness (QED) is 0.877. The lowest BCUT2D eigenvalue weighted by molar-refractivity contribution is 0.155. The molecule has 0 atom stereocenters. The van der Waals surface area contributed by atoms with Crippen LogP contribution in [0, 0.1) is 13.8 Å². The van der Waals surface area contributed by atoms with Crippen LogP contribution >= 0.6 is 34.7 Å². The molecule has 0 bridgehead atoms. The summed E-state index contributed by atoms with van der Waals surface area (Å²) in [6.07, 6.45) is -0.549. The highest BCUT2D eigenvalue weighted by Crippen LogP contribution is 2.26. The Labute approximate surface area is 130 Å². The largest absolute Gasteiger partial charge is 0.444 e. The highest BCUT2D eigenvalue weighted by Gasteiger charge is 2.12. The van der Waals surface area contributed by atoms with E-state index in [1.54, 1.807) is 18.2 Å². The van der Waals surface area contributed by atoms with Gasteiger partial charge >= 0.3 is 6.09 Å². The first-order chi connectivity index (χ1) is 9.49. The van der Waals surface area contributed by atoms with E-state index >= 15 is 0 Å². The first-order valence-corrected chi connectivity index (χ1v) is 7.31. The lowest BCUT2D eigenvalue weighted by atomic mass is 10.2. The van der Waals surface area contributed by atoms with Crippen molar-refractivity contribution in [2.75, 3.05) is 5.32 Å². The van der Waals surface area contributed by atoms with Crippen molar-refractivity contribution >= 4 is 46.5 Å². The third-order valence-electron chi connectivity index (χ3n) is 2.65. The summed E-state index contributed by atoms with van der Waals surface area (Å²) in [6.45, 7) is 3.77. The summed E-state index contributed by atoms with van der Waals surface area (Å²) in [4.78, 5) is 12.7. The standard InChI is InChI=1S/C13H12Cl2N2O2S/c1-7-12(8(2)20-17-7)16-13(18)19-6-9-4-3-5-10(14)11(9)15/h3-5H,6H2,1-2H3,(H,16,18). The molecule has 7 heteroatoms. The predicted molar refractivity (Wildman–Crippen MR) is 81.9 cm³/mol. The average molecular weight is 331 g/mol. The molecular weight excluding hydrogens is 319 g/mol. The number of hydrogen-bond acceptors (Lipinski definition) is 4. The van der Waals surface area contributed by atoms with Gasteiger partial charge in [0.25, 0.3) is 0 Å². The van der Waals surface area contributed by atoms with E-state index in [-0.39, 0.29) is 6.61 Å². The Hall–Kier alpha value is -1.30. The second kappa shape index (κ2) is 6.43. The Morgan fingerprint density at radius 3 is 2.80 bits per heavy atom. The number of nitrogens with one attached hydrogen (secondary N) is 1. The van der Waals surface area contributed by atoms with Crippen LogP contribution in [0.5, 0.6) is 0 Å². The first kappa shape index (κ1) is 15.1. The predicted octanol–water partition coefficient (Wildman–Crippen LogP) is 4.82. The lowest BCUT2D eigenvalue weighted by Crippen LogP contribution is -2.14. The molecule has 106 valence electrons. The van der Waals surface area contributed by atoms with E-state index in [9.17, 15) is 4.79 Å². The molecule has 2 rings (SSSR count). The molecule has 1 amide bonds. The number of halogens is 2. The van der Waals surface area contributed by atoms with Crippen molar-refractivity contribution in [1.29, 1.82) is 0 Å². The van der Waals surface area contributed by atoms with Crippen molar-refractivity contribution in [3.05, 3.63) is 44.4 Å². The number of ether oxygens (including phenoxy) is 1. The molecule has 20 heavy (non-hydrogen) atoms. The summed E-state index contributed by atoms with van der Waals surface area (Å²) in [5.41, 5.74) is 2.12. The number of amides is 1. The summed E-state index contributed by atoms with van der Waals surface area (Å²) in [7, 11) is 0. The maximum atomic E-state index is 11.8. The SMILES string of the molecule is Cc1nsc(C)c1NC(=O)OCc1cccc(Cl)c1Cl. The maximum Gasteiger partial charge on any atom is 0.412 e. The van der Waals surface area contributed by atoms with Gasteiger partial charge in [-0.1, -0.05) is 35.3 Å². The topological polar surface area (TPSA) is 51.2 Å². The number of carbonyl (C=O) groups excluding carboxylic acids is 1. The van der Waals surface area contributed by atoms with Crippen molar-refractivity contribution < 1.29 is 9.53 Å². The number of rotatable bonds is 3. The zero-order chi connectivity index (χ0) is 14.7. The molecule has 0 fully saturated rings. The maximum absolute atomic E-state index is 11.8. The van der Waals surface area contributed by atoms with Crippen LogP contribution in [0.15, 0.2) is 18.2 Å². The molecule has 0 radical (unpaired) electrons. The fraction of sp³-hybridized carbons (Fsp3) is 0.231. The minimum Gasteiger partial charge on any atom is -0.444 e. The van der Waals surface area contributed by atoms with Gasteiger partial charge in [-0.15, -0.1) is 0 Å². The van der Waals surface area contributed by atoms with Gasteiger partial charge < -0.3 is 4.74 Å². The fourth-order valence-electron chi connectivity index (χ4n) is 1.60. The number of benzene rings is 1. The second-order valence-corrected chi connectivity index (χ2v) is 5.88. The molecule has 0 saturated heterocycles. The van der Waals surface area contributed by atoms with Crippen molar-refractivity contribution in [2.45, 2.75) is 20.5 Å². The Kier molecular flexibility index (Phi) is 4.86. The van der Waals surface area contributed by atoms with Gasteiger partial charge in [0.05, 0.1) is 21.4 Å². The van der Waals surface area contributed by atoms with Gasteiger partial charge in [-0.25, -0.2) is 4.79 Å². The minimum absolute atomic E-state index is 0.0564. The van der Waals surface area contributed by atoms with Crippen LogP contribution in [-0.4, -0.2) is 10.5 Å². The monoisotopic (exact) mass is 330 g/mol. The molecule has 0 aliphatic rings. The van der Waals surface area contributed by atoms with Gasteiger partial charge in [0.1, 0.15) is 6.61 Å². The molecule has 2 aromatic rings. The number of hydrogen-bond donors (Lipinski definition) is 1. The number of carbonyl (C=O) groups is 1. The van der Waals surface area contributed by atoms with Crippen molar-refractivity contribution in [2.24, 2.45) is 0 Å². The molecule has 1 N–H and O–H groups in total. The fourth-order valence-corrected chi connectivity index (χ4v) is 2.63.